The normalized spacial score (nSPS) is 10.9. The Balaban J connectivity index is 2.00. The van der Waals surface area contributed by atoms with Crippen LogP contribution in [0.1, 0.15) is 16.7 Å². The van der Waals surface area contributed by atoms with E-state index in [1.54, 1.807) is 30.3 Å². The molecule has 2 aromatic carbocycles. The van der Waals surface area contributed by atoms with Crippen molar-refractivity contribution in [2.75, 3.05) is 6.61 Å². The molecule has 0 radical (unpaired) electrons. The van der Waals surface area contributed by atoms with Gasteiger partial charge in [-0.15, -0.1) is 0 Å². The summed E-state index contributed by atoms with van der Waals surface area (Å²) in [6, 6.07) is 13.4. The van der Waals surface area contributed by atoms with E-state index in [1.165, 1.54) is 12.1 Å². The maximum atomic E-state index is 12.1. The number of hydrogen-bond donors (Lipinski definition) is 0. The standard InChI is InChI=1S/C17H14F3NO2/c1-12-7-13(9-21)5-6-16(12)22-10-14-3-2-4-15(8-14)23-11-17(18,19)20/h2-8H,10-11H2,1H3. The molecule has 0 spiro atoms. The van der Waals surface area contributed by atoms with Crippen LogP contribution in [0.4, 0.5) is 13.2 Å². The minimum Gasteiger partial charge on any atom is -0.489 e. The minimum atomic E-state index is -4.37. The zero-order valence-electron chi connectivity index (χ0n) is 12.4. The van der Waals surface area contributed by atoms with Crippen LogP contribution in [0.3, 0.4) is 0 Å². The number of ether oxygens (including phenoxy) is 2. The van der Waals surface area contributed by atoms with Gasteiger partial charge in [-0.05, 0) is 48.4 Å². The molecule has 0 amide bonds. The lowest BCUT2D eigenvalue weighted by molar-refractivity contribution is -0.153. The Morgan fingerprint density at radius 1 is 1.09 bits per heavy atom. The van der Waals surface area contributed by atoms with Gasteiger partial charge in [-0.3, -0.25) is 0 Å². The number of halogens is 3. The monoisotopic (exact) mass is 321 g/mol. The highest BCUT2D eigenvalue weighted by molar-refractivity contribution is 5.41. The summed E-state index contributed by atoms with van der Waals surface area (Å²) in [5.74, 6) is 0.755. The van der Waals surface area contributed by atoms with Gasteiger partial charge in [0.2, 0.25) is 0 Å². The summed E-state index contributed by atoms with van der Waals surface area (Å²) < 4.78 is 46.8. The molecule has 2 rings (SSSR count). The van der Waals surface area contributed by atoms with Crippen LogP contribution in [0.25, 0.3) is 0 Å². The lowest BCUT2D eigenvalue weighted by Gasteiger charge is -2.12. The molecule has 0 aliphatic rings. The summed E-state index contributed by atoms with van der Waals surface area (Å²) in [5, 5.41) is 8.81. The fraction of sp³-hybridized carbons (Fsp3) is 0.235. The number of aryl methyl sites for hydroxylation is 1. The Bertz CT molecular complexity index is 721. The first-order valence-corrected chi connectivity index (χ1v) is 6.79. The molecule has 120 valence electrons. The van der Waals surface area contributed by atoms with Gasteiger partial charge in [0.05, 0.1) is 11.6 Å². The number of nitrogens with zero attached hydrogens (tertiary/aromatic N) is 1. The molecule has 0 bridgehead atoms. The highest BCUT2D eigenvalue weighted by atomic mass is 19.4. The first-order valence-electron chi connectivity index (χ1n) is 6.79. The average Bonchev–Trinajstić information content (AvgIpc) is 2.51. The van der Waals surface area contributed by atoms with Crippen molar-refractivity contribution >= 4 is 0 Å². The fourth-order valence-corrected chi connectivity index (χ4v) is 1.93. The number of alkyl halides is 3. The first-order chi connectivity index (χ1) is 10.9. The molecule has 0 N–H and O–H groups in total. The van der Waals surface area contributed by atoms with E-state index in [9.17, 15) is 13.2 Å². The molecule has 0 fully saturated rings. The minimum absolute atomic E-state index is 0.139. The van der Waals surface area contributed by atoms with Gasteiger partial charge in [-0.2, -0.15) is 18.4 Å². The lowest BCUT2D eigenvalue weighted by atomic mass is 10.1. The average molecular weight is 321 g/mol. The summed E-state index contributed by atoms with van der Waals surface area (Å²) in [6.07, 6.45) is -4.37. The number of benzene rings is 2. The van der Waals surface area contributed by atoms with Crippen LogP contribution in [0, 0.1) is 18.3 Å². The summed E-state index contributed by atoms with van der Waals surface area (Å²) in [4.78, 5) is 0. The molecule has 23 heavy (non-hydrogen) atoms. The van der Waals surface area contributed by atoms with E-state index in [4.69, 9.17) is 14.7 Å². The van der Waals surface area contributed by atoms with Crippen molar-refractivity contribution in [3.63, 3.8) is 0 Å². The van der Waals surface area contributed by atoms with Gasteiger partial charge in [0.25, 0.3) is 0 Å². The maximum absolute atomic E-state index is 12.1. The van der Waals surface area contributed by atoms with Gasteiger partial charge in [0.1, 0.15) is 18.1 Å². The van der Waals surface area contributed by atoms with E-state index in [0.29, 0.717) is 16.9 Å². The van der Waals surface area contributed by atoms with E-state index in [-0.39, 0.29) is 12.4 Å². The molecule has 0 saturated heterocycles. The predicted octanol–water partition coefficient (Wildman–Crippen LogP) is 4.39. The summed E-state index contributed by atoms with van der Waals surface area (Å²) in [7, 11) is 0. The number of rotatable bonds is 5. The highest BCUT2D eigenvalue weighted by Gasteiger charge is 2.28. The molecule has 3 nitrogen and oxygen atoms in total. The second kappa shape index (κ2) is 7.05. The van der Waals surface area contributed by atoms with Crippen molar-refractivity contribution in [3.05, 3.63) is 59.2 Å². The highest BCUT2D eigenvalue weighted by Crippen LogP contribution is 2.22. The van der Waals surface area contributed by atoms with Crippen LogP contribution in [0.2, 0.25) is 0 Å². The van der Waals surface area contributed by atoms with Gasteiger partial charge in [-0.1, -0.05) is 12.1 Å². The molecule has 2 aromatic rings. The van der Waals surface area contributed by atoms with E-state index in [2.05, 4.69) is 0 Å². The lowest BCUT2D eigenvalue weighted by Crippen LogP contribution is -2.19. The molecule has 0 aliphatic carbocycles. The molecule has 0 aromatic heterocycles. The Kier molecular flexibility index (Phi) is 5.12. The molecule has 0 saturated carbocycles. The van der Waals surface area contributed by atoms with Gasteiger partial charge in [0.15, 0.2) is 6.61 Å². The van der Waals surface area contributed by atoms with Crippen molar-refractivity contribution < 1.29 is 22.6 Å². The van der Waals surface area contributed by atoms with Crippen LogP contribution in [-0.2, 0) is 6.61 Å². The first kappa shape index (κ1) is 16.7. The third-order valence-corrected chi connectivity index (χ3v) is 3.00. The van der Waals surface area contributed by atoms with Gasteiger partial charge in [-0.25, -0.2) is 0 Å². The van der Waals surface area contributed by atoms with Gasteiger partial charge >= 0.3 is 6.18 Å². The third kappa shape index (κ3) is 5.22. The van der Waals surface area contributed by atoms with Gasteiger partial charge < -0.3 is 9.47 Å². The van der Waals surface area contributed by atoms with E-state index in [0.717, 1.165) is 5.56 Å². The Hall–Kier alpha value is -2.68. The summed E-state index contributed by atoms with van der Waals surface area (Å²) in [6.45, 7) is 0.682. The zero-order valence-corrected chi connectivity index (χ0v) is 12.4. The number of nitriles is 1. The van der Waals surface area contributed by atoms with E-state index >= 15 is 0 Å². The quantitative estimate of drug-likeness (QED) is 0.820. The molecule has 0 heterocycles. The van der Waals surface area contributed by atoms with Crippen LogP contribution in [0.5, 0.6) is 11.5 Å². The third-order valence-electron chi connectivity index (χ3n) is 3.00. The maximum Gasteiger partial charge on any atom is 0.422 e. The van der Waals surface area contributed by atoms with Gasteiger partial charge in [0, 0.05) is 0 Å². The van der Waals surface area contributed by atoms with Crippen molar-refractivity contribution in [1.29, 1.82) is 5.26 Å². The van der Waals surface area contributed by atoms with Crippen LogP contribution >= 0.6 is 0 Å². The molecule has 0 unspecified atom stereocenters. The fourth-order valence-electron chi connectivity index (χ4n) is 1.93. The Morgan fingerprint density at radius 3 is 2.52 bits per heavy atom. The molecule has 0 atom stereocenters. The smallest absolute Gasteiger partial charge is 0.422 e. The summed E-state index contributed by atoms with van der Waals surface area (Å²) >= 11 is 0. The van der Waals surface area contributed by atoms with Crippen molar-refractivity contribution in [2.45, 2.75) is 19.7 Å². The molecule has 0 aliphatic heterocycles. The van der Waals surface area contributed by atoms with Crippen molar-refractivity contribution in [1.82, 2.24) is 0 Å². The van der Waals surface area contributed by atoms with Crippen LogP contribution in [-0.4, -0.2) is 12.8 Å². The van der Waals surface area contributed by atoms with E-state index in [1.807, 2.05) is 13.0 Å². The molecular weight excluding hydrogens is 307 g/mol. The van der Waals surface area contributed by atoms with Crippen molar-refractivity contribution in [2.24, 2.45) is 0 Å². The Morgan fingerprint density at radius 2 is 1.87 bits per heavy atom. The van der Waals surface area contributed by atoms with Crippen molar-refractivity contribution in [3.8, 4) is 17.6 Å². The van der Waals surface area contributed by atoms with Crippen LogP contribution < -0.4 is 9.47 Å². The topological polar surface area (TPSA) is 42.2 Å². The van der Waals surface area contributed by atoms with Crippen LogP contribution in [0.15, 0.2) is 42.5 Å². The zero-order chi connectivity index (χ0) is 16.9. The second-order valence-corrected chi connectivity index (χ2v) is 4.93. The van der Waals surface area contributed by atoms with E-state index < -0.39 is 12.8 Å². The number of hydrogen-bond acceptors (Lipinski definition) is 3. The second-order valence-electron chi connectivity index (χ2n) is 4.93. The predicted molar refractivity (Wildman–Crippen MR) is 78.2 cm³/mol. The SMILES string of the molecule is Cc1cc(C#N)ccc1OCc1cccc(OCC(F)(F)F)c1. The molecule has 6 heteroatoms. The molecular formula is C17H14F3NO2. The Labute approximate surface area is 131 Å². The summed E-state index contributed by atoms with van der Waals surface area (Å²) in [5.41, 5.74) is 2.04. The largest absolute Gasteiger partial charge is 0.489 e.